The molecular weight excluding hydrogens is 238 g/mol. The van der Waals surface area contributed by atoms with E-state index in [9.17, 15) is 9.90 Å². The largest absolute Gasteiger partial charge is 0.394 e. The molecule has 0 aromatic heterocycles. The van der Waals surface area contributed by atoms with Crippen molar-refractivity contribution in [1.82, 2.24) is 5.32 Å². The molecule has 1 aliphatic carbocycles. The second-order valence-electron chi connectivity index (χ2n) is 5.53. The average molecular weight is 261 g/mol. The van der Waals surface area contributed by atoms with Crippen molar-refractivity contribution in [3.8, 4) is 0 Å². The molecule has 1 saturated carbocycles. The zero-order valence-corrected chi connectivity index (χ0v) is 11.4. The van der Waals surface area contributed by atoms with Crippen molar-refractivity contribution in [2.75, 3.05) is 6.61 Å². The summed E-state index contributed by atoms with van der Waals surface area (Å²) in [7, 11) is 0. The average Bonchev–Trinajstić information content (AvgIpc) is 2.47. The fraction of sp³-hybridized carbons (Fsp3) is 0.562. The zero-order chi connectivity index (χ0) is 13.6. The second-order valence-corrected chi connectivity index (χ2v) is 5.53. The topological polar surface area (TPSA) is 49.3 Å². The Morgan fingerprint density at radius 3 is 2.47 bits per heavy atom. The summed E-state index contributed by atoms with van der Waals surface area (Å²) in [5.74, 6) is 0.0554. The van der Waals surface area contributed by atoms with Crippen LogP contribution in [0.25, 0.3) is 0 Å². The number of carbonyl (C=O) groups is 1. The van der Waals surface area contributed by atoms with Gasteiger partial charge in [-0.15, -0.1) is 0 Å². The van der Waals surface area contributed by atoms with E-state index in [0.29, 0.717) is 6.42 Å². The molecular formula is C16H23NO2. The van der Waals surface area contributed by atoms with Crippen LogP contribution in [0.15, 0.2) is 30.3 Å². The molecule has 0 atom stereocenters. The number of rotatable bonds is 5. The Morgan fingerprint density at radius 1 is 1.16 bits per heavy atom. The minimum absolute atomic E-state index is 0.0554. The number of aliphatic hydroxyl groups excluding tert-OH is 1. The molecule has 3 nitrogen and oxygen atoms in total. The molecule has 0 aliphatic heterocycles. The number of amides is 1. The maximum Gasteiger partial charge on any atom is 0.220 e. The van der Waals surface area contributed by atoms with Crippen LogP contribution in [-0.2, 0) is 11.2 Å². The Labute approximate surface area is 115 Å². The first-order valence-electron chi connectivity index (χ1n) is 7.20. The third-order valence-corrected chi connectivity index (χ3v) is 4.00. The van der Waals surface area contributed by atoms with Crippen molar-refractivity contribution in [1.29, 1.82) is 0 Å². The normalized spacial score (nSPS) is 17.9. The van der Waals surface area contributed by atoms with Crippen LogP contribution in [0.1, 0.15) is 44.1 Å². The van der Waals surface area contributed by atoms with Gasteiger partial charge in [-0.05, 0) is 24.8 Å². The monoisotopic (exact) mass is 261 g/mol. The Hall–Kier alpha value is -1.35. The lowest BCUT2D eigenvalue weighted by Crippen LogP contribution is -2.52. The standard InChI is InChI=1S/C16H23NO2/c18-13-16(11-5-2-6-12-16)17-15(19)10-9-14-7-3-1-4-8-14/h1,3-4,7-8,18H,2,5-6,9-13H2,(H,17,19). The van der Waals surface area contributed by atoms with Crippen LogP contribution >= 0.6 is 0 Å². The highest BCUT2D eigenvalue weighted by Crippen LogP contribution is 2.27. The lowest BCUT2D eigenvalue weighted by atomic mass is 9.82. The molecule has 0 heterocycles. The smallest absolute Gasteiger partial charge is 0.220 e. The molecule has 1 aliphatic rings. The molecule has 0 spiro atoms. The van der Waals surface area contributed by atoms with Crippen LogP contribution < -0.4 is 5.32 Å². The molecule has 3 heteroatoms. The maximum atomic E-state index is 12.0. The molecule has 1 fully saturated rings. The molecule has 1 aromatic rings. The summed E-state index contributed by atoms with van der Waals surface area (Å²) < 4.78 is 0. The van der Waals surface area contributed by atoms with Gasteiger partial charge in [0, 0.05) is 6.42 Å². The fourth-order valence-electron chi connectivity index (χ4n) is 2.81. The number of nitrogens with one attached hydrogen (secondary N) is 1. The van der Waals surface area contributed by atoms with E-state index in [1.807, 2.05) is 30.3 Å². The van der Waals surface area contributed by atoms with Crippen LogP contribution in [0.3, 0.4) is 0 Å². The van der Waals surface area contributed by atoms with Gasteiger partial charge in [0.05, 0.1) is 12.1 Å². The number of hydrogen-bond donors (Lipinski definition) is 2. The number of aryl methyl sites for hydroxylation is 1. The van der Waals surface area contributed by atoms with Crippen LogP contribution in [0.2, 0.25) is 0 Å². The first-order chi connectivity index (χ1) is 9.24. The van der Waals surface area contributed by atoms with E-state index in [0.717, 1.165) is 32.1 Å². The highest BCUT2D eigenvalue weighted by atomic mass is 16.3. The van der Waals surface area contributed by atoms with Gasteiger partial charge >= 0.3 is 0 Å². The van der Waals surface area contributed by atoms with E-state index in [2.05, 4.69) is 5.32 Å². The number of carbonyl (C=O) groups excluding carboxylic acids is 1. The van der Waals surface area contributed by atoms with Gasteiger partial charge in [-0.2, -0.15) is 0 Å². The maximum absolute atomic E-state index is 12.0. The minimum atomic E-state index is -0.355. The van der Waals surface area contributed by atoms with Gasteiger partial charge < -0.3 is 10.4 Å². The molecule has 0 bridgehead atoms. The zero-order valence-electron chi connectivity index (χ0n) is 11.4. The summed E-state index contributed by atoms with van der Waals surface area (Å²) in [5.41, 5.74) is 0.825. The lowest BCUT2D eigenvalue weighted by Gasteiger charge is -2.36. The molecule has 0 saturated heterocycles. The van der Waals surface area contributed by atoms with Crippen molar-refractivity contribution < 1.29 is 9.90 Å². The van der Waals surface area contributed by atoms with E-state index in [4.69, 9.17) is 0 Å². The van der Waals surface area contributed by atoms with Crippen molar-refractivity contribution >= 4 is 5.91 Å². The van der Waals surface area contributed by atoms with Crippen molar-refractivity contribution in [2.45, 2.75) is 50.5 Å². The van der Waals surface area contributed by atoms with Crippen LogP contribution in [0.4, 0.5) is 0 Å². The summed E-state index contributed by atoms with van der Waals surface area (Å²) in [6.07, 6.45) is 6.46. The van der Waals surface area contributed by atoms with Gasteiger partial charge in [0.2, 0.25) is 5.91 Å². The van der Waals surface area contributed by atoms with E-state index in [1.54, 1.807) is 0 Å². The summed E-state index contributed by atoms with van der Waals surface area (Å²) >= 11 is 0. The van der Waals surface area contributed by atoms with Crippen LogP contribution in [0.5, 0.6) is 0 Å². The Bertz CT molecular complexity index is 396. The first kappa shape index (κ1) is 14.1. The summed E-state index contributed by atoms with van der Waals surface area (Å²) in [6.45, 7) is 0.0596. The van der Waals surface area contributed by atoms with Gasteiger partial charge in [-0.1, -0.05) is 49.6 Å². The lowest BCUT2D eigenvalue weighted by molar-refractivity contribution is -0.124. The molecule has 1 aromatic carbocycles. The minimum Gasteiger partial charge on any atom is -0.394 e. The Balaban J connectivity index is 1.83. The van der Waals surface area contributed by atoms with E-state index >= 15 is 0 Å². The van der Waals surface area contributed by atoms with E-state index in [-0.39, 0.29) is 18.1 Å². The SMILES string of the molecule is O=C(CCc1ccccc1)NC1(CO)CCCCC1. The molecule has 2 N–H and O–H groups in total. The van der Waals surface area contributed by atoms with Crippen molar-refractivity contribution in [3.63, 3.8) is 0 Å². The molecule has 2 rings (SSSR count). The van der Waals surface area contributed by atoms with E-state index < -0.39 is 0 Å². The quantitative estimate of drug-likeness (QED) is 0.855. The third kappa shape index (κ3) is 4.06. The predicted molar refractivity (Wildman–Crippen MR) is 75.8 cm³/mol. The first-order valence-corrected chi connectivity index (χ1v) is 7.20. The van der Waals surface area contributed by atoms with Gasteiger partial charge in [-0.25, -0.2) is 0 Å². The molecule has 104 valence electrons. The Morgan fingerprint density at radius 2 is 1.84 bits per heavy atom. The van der Waals surface area contributed by atoms with Gasteiger partial charge in [0.25, 0.3) is 0 Å². The highest BCUT2D eigenvalue weighted by Gasteiger charge is 2.32. The number of aliphatic hydroxyl groups is 1. The van der Waals surface area contributed by atoms with Crippen LogP contribution in [0, 0.1) is 0 Å². The van der Waals surface area contributed by atoms with Crippen molar-refractivity contribution in [3.05, 3.63) is 35.9 Å². The predicted octanol–water partition coefficient (Wildman–Crippen LogP) is 2.43. The summed E-state index contributed by atoms with van der Waals surface area (Å²) in [5, 5.41) is 12.6. The van der Waals surface area contributed by atoms with E-state index in [1.165, 1.54) is 12.0 Å². The van der Waals surface area contributed by atoms with Gasteiger partial charge in [0.15, 0.2) is 0 Å². The number of benzene rings is 1. The van der Waals surface area contributed by atoms with Crippen molar-refractivity contribution in [2.24, 2.45) is 0 Å². The number of hydrogen-bond acceptors (Lipinski definition) is 2. The molecule has 19 heavy (non-hydrogen) atoms. The molecule has 0 radical (unpaired) electrons. The molecule has 1 amide bonds. The summed E-state index contributed by atoms with van der Waals surface area (Å²) in [4.78, 5) is 12.0. The van der Waals surface area contributed by atoms with Gasteiger partial charge in [0.1, 0.15) is 0 Å². The molecule has 0 unspecified atom stereocenters. The third-order valence-electron chi connectivity index (χ3n) is 4.00. The fourth-order valence-corrected chi connectivity index (χ4v) is 2.81. The van der Waals surface area contributed by atoms with Gasteiger partial charge in [-0.3, -0.25) is 4.79 Å². The van der Waals surface area contributed by atoms with Crippen LogP contribution in [-0.4, -0.2) is 23.2 Å². The second kappa shape index (κ2) is 6.71. The highest BCUT2D eigenvalue weighted by molar-refractivity contribution is 5.77. The Kier molecular flexibility index (Phi) is 4.97. The summed E-state index contributed by atoms with van der Waals surface area (Å²) in [6, 6.07) is 10.0.